The van der Waals surface area contributed by atoms with Crippen LogP contribution >= 0.6 is 11.6 Å². The number of carbonyl (C=O) groups is 1. The monoisotopic (exact) mass is 497 g/mol. The number of carbonyl (C=O) groups excluding carboxylic acids is 1. The highest BCUT2D eigenvalue weighted by Gasteiger charge is 2.25. The summed E-state index contributed by atoms with van der Waals surface area (Å²) >= 11 is 5.99. The van der Waals surface area contributed by atoms with Crippen LogP contribution in [0.3, 0.4) is 0 Å². The molecule has 2 N–H and O–H groups in total. The Morgan fingerprint density at radius 2 is 1.68 bits per heavy atom. The third kappa shape index (κ3) is 6.17. The largest absolute Gasteiger partial charge is 0.326 e. The zero-order valence-corrected chi connectivity index (χ0v) is 20.6. The highest BCUT2D eigenvalue weighted by atomic mass is 35.5. The third-order valence-electron chi connectivity index (χ3n) is 6.08. The molecule has 1 heterocycles. The third-order valence-corrected chi connectivity index (χ3v) is 7.70. The van der Waals surface area contributed by atoms with Crippen molar-refractivity contribution in [1.82, 2.24) is 4.90 Å². The molecule has 0 aliphatic carbocycles. The summed E-state index contributed by atoms with van der Waals surface area (Å²) in [6.07, 6.45) is 1.60. The number of nitrogens with zero attached hydrogens (tertiary/aromatic N) is 1. The molecule has 1 aliphatic heterocycles. The van der Waals surface area contributed by atoms with Gasteiger partial charge in [0.1, 0.15) is 0 Å². The van der Waals surface area contributed by atoms with Gasteiger partial charge in [0.25, 0.3) is 10.0 Å². The van der Waals surface area contributed by atoms with E-state index >= 15 is 0 Å². The minimum atomic E-state index is -3.78. The molecule has 34 heavy (non-hydrogen) atoms. The van der Waals surface area contributed by atoms with Crippen molar-refractivity contribution in [3.05, 3.63) is 88.9 Å². The zero-order valence-electron chi connectivity index (χ0n) is 19.0. The summed E-state index contributed by atoms with van der Waals surface area (Å²) in [6, 6.07) is 21.6. The SMILES string of the molecule is Cc1ccc(Cl)cc1NS(=O)(=O)c1ccc(NC(=O)C2CCN(Cc3ccccc3)CC2)cc1. The van der Waals surface area contributed by atoms with Crippen LogP contribution in [0.5, 0.6) is 0 Å². The predicted molar refractivity (Wildman–Crippen MR) is 137 cm³/mol. The molecule has 3 aromatic carbocycles. The summed E-state index contributed by atoms with van der Waals surface area (Å²) in [6.45, 7) is 4.45. The van der Waals surface area contributed by atoms with Crippen LogP contribution in [-0.2, 0) is 21.4 Å². The van der Waals surface area contributed by atoms with E-state index in [4.69, 9.17) is 11.6 Å². The van der Waals surface area contributed by atoms with Crippen molar-refractivity contribution in [3.8, 4) is 0 Å². The van der Waals surface area contributed by atoms with E-state index < -0.39 is 10.0 Å². The number of halogens is 1. The van der Waals surface area contributed by atoms with Crippen LogP contribution in [0.2, 0.25) is 5.02 Å². The van der Waals surface area contributed by atoms with E-state index in [2.05, 4.69) is 27.1 Å². The van der Waals surface area contributed by atoms with Crippen molar-refractivity contribution in [3.63, 3.8) is 0 Å². The molecule has 1 saturated heterocycles. The fourth-order valence-corrected chi connectivity index (χ4v) is 5.36. The first-order chi connectivity index (χ1) is 16.3. The van der Waals surface area contributed by atoms with E-state index in [1.807, 2.05) is 18.2 Å². The van der Waals surface area contributed by atoms with E-state index in [0.717, 1.165) is 38.0 Å². The lowest BCUT2D eigenvalue weighted by atomic mass is 9.95. The van der Waals surface area contributed by atoms with E-state index in [1.165, 1.54) is 17.7 Å². The van der Waals surface area contributed by atoms with Crippen LogP contribution in [0, 0.1) is 12.8 Å². The molecule has 0 spiro atoms. The minimum Gasteiger partial charge on any atom is -0.326 e. The Labute approximate surface area is 206 Å². The number of hydrogen-bond acceptors (Lipinski definition) is 4. The Bertz CT molecular complexity index is 1240. The second-order valence-corrected chi connectivity index (χ2v) is 10.7. The lowest BCUT2D eigenvalue weighted by molar-refractivity contribution is -0.121. The fraction of sp³-hybridized carbons (Fsp3) is 0.269. The number of piperidine rings is 1. The maximum Gasteiger partial charge on any atom is 0.261 e. The molecule has 8 heteroatoms. The predicted octanol–water partition coefficient (Wildman–Crippen LogP) is 5.30. The first-order valence-electron chi connectivity index (χ1n) is 11.3. The van der Waals surface area contributed by atoms with Crippen molar-refractivity contribution in [2.75, 3.05) is 23.1 Å². The first kappa shape index (κ1) is 24.3. The number of benzene rings is 3. The van der Waals surface area contributed by atoms with Gasteiger partial charge < -0.3 is 5.32 Å². The van der Waals surface area contributed by atoms with Gasteiger partial charge in [0.15, 0.2) is 0 Å². The Morgan fingerprint density at radius 3 is 2.35 bits per heavy atom. The van der Waals surface area contributed by atoms with Gasteiger partial charge in [0.05, 0.1) is 10.6 Å². The summed E-state index contributed by atoms with van der Waals surface area (Å²) in [5.74, 6) is -0.0782. The van der Waals surface area contributed by atoms with Gasteiger partial charge in [-0.2, -0.15) is 0 Å². The number of anilines is 2. The minimum absolute atomic E-state index is 0.0253. The van der Waals surface area contributed by atoms with Crippen molar-refractivity contribution in [2.24, 2.45) is 5.92 Å². The normalized spacial score (nSPS) is 15.1. The van der Waals surface area contributed by atoms with Crippen molar-refractivity contribution >= 4 is 38.9 Å². The van der Waals surface area contributed by atoms with E-state index in [1.54, 1.807) is 37.3 Å². The Kier molecular flexibility index (Phi) is 7.56. The van der Waals surface area contributed by atoms with Gasteiger partial charge in [0, 0.05) is 23.2 Å². The van der Waals surface area contributed by atoms with Gasteiger partial charge in [-0.3, -0.25) is 14.4 Å². The first-order valence-corrected chi connectivity index (χ1v) is 13.1. The molecule has 0 bridgehead atoms. The lowest BCUT2D eigenvalue weighted by Crippen LogP contribution is -2.37. The summed E-state index contributed by atoms with van der Waals surface area (Å²) < 4.78 is 28.1. The Balaban J connectivity index is 1.32. The maximum atomic E-state index is 12.8. The fourth-order valence-electron chi connectivity index (χ4n) is 4.06. The maximum absolute atomic E-state index is 12.8. The average Bonchev–Trinajstić information content (AvgIpc) is 2.83. The van der Waals surface area contributed by atoms with E-state index in [-0.39, 0.29) is 16.7 Å². The Hall–Kier alpha value is -2.87. The highest BCUT2D eigenvalue weighted by molar-refractivity contribution is 7.92. The molecule has 0 atom stereocenters. The Morgan fingerprint density at radius 1 is 1.00 bits per heavy atom. The molecule has 178 valence electrons. The number of nitrogens with one attached hydrogen (secondary N) is 2. The molecule has 0 unspecified atom stereocenters. The van der Waals surface area contributed by atoms with E-state index in [9.17, 15) is 13.2 Å². The standard InChI is InChI=1S/C26H28ClN3O3S/c1-19-7-8-22(27)17-25(19)29-34(32,33)24-11-9-23(10-12-24)28-26(31)21-13-15-30(16-14-21)18-20-5-3-2-4-6-20/h2-12,17,21,29H,13-16,18H2,1H3,(H,28,31). The molecule has 3 aromatic rings. The van der Waals surface area contributed by atoms with Crippen LogP contribution in [0.1, 0.15) is 24.0 Å². The van der Waals surface area contributed by atoms with Crippen LogP contribution < -0.4 is 10.0 Å². The molecular weight excluding hydrogens is 470 g/mol. The number of likely N-dealkylation sites (tertiary alicyclic amines) is 1. The zero-order chi connectivity index (χ0) is 24.1. The second kappa shape index (κ2) is 10.6. The van der Waals surface area contributed by atoms with Crippen LogP contribution in [-0.4, -0.2) is 32.3 Å². The molecule has 1 amide bonds. The summed E-state index contributed by atoms with van der Waals surface area (Å²) in [5, 5.41) is 3.38. The van der Waals surface area contributed by atoms with Gasteiger partial charge in [-0.05, 0) is 80.4 Å². The van der Waals surface area contributed by atoms with Crippen molar-refractivity contribution in [2.45, 2.75) is 31.2 Å². The summed E-state index contributed by atoms with van der Waals surface area (Å²) in [7, 11) is -3.78. The number of amides is 1. The van der Waals surface area contributed by atoms with E-state index in [0.29, 0.717) is 16.4 Å². The van der Waals surface area contributed by atoms with Crippen LogP contribution in [0.4, 0.5) is 11.4 Å². The van der Waals surface area contributed by atoms with Gasteiger partial charge in [-0.1, -0.05) is 48.0 Å². The summed E-state index contributed by atoms with van der Waals surface area (Å²) in [4.78, 5) is 15.2. The van der Waals surface area contributed by atoms with Gasteiger partial charge in [0.2, 0.25) is 5.91 Å². The lowest BCUT2D eigenvalue weighted by Gasteiger charge is -2.31. The molecule has 4 rings (SSSR count). The number of rotatable bonds is 7. The van der Waals surface area contributed by atoms with Crippen LogP contribution in [0.15, 0.2) is 77.7 Å². The van der Waals surface area contributed by atoms with Gasteiger partial charge >= 0.3 is 0 Å². The number of aryl methyl sites for hydroxylation is 1. The molecule has 1 fully saturated rings. The molecule has 0 saturated carbocycles. The molecule has 0 radical (unpaired) electrons. The van der Waals surface area contributed by atoms with Crippen molar-refractivity contribution < 1.29 is 13.2 Å². The molecule has 1 aliphatic rings. The molecule has 6 nitrogen and oxygen atoms in total. The number of sulfonamides is 1. The second-order valence-electron chi connectivity index (χ2n) is 8.61. The number of hydrogen-bond donors (Lipinski definition) is 2. The average molecular weight is 498 g/mol. The smallest absolute Gasteiger partial charge is 0.261 e. The van der Waals surface area contributed by atoms with Crippen molar-refractivity contribution in [1.29, 1.82) is 0 Å². The molecule has 0 aromatic heterocycles. The van der Waals surface area contributed by atoms with Crippen LogP contribution in [0.25, 0.3) is 0 Å². The van der Waals surface area contributed by atoms with Gasteiger partial charge in [-0.15, -0.1) is 0 Å². The highest BCUT2D eigenvalue weighted by Crippen LogP contribution is 2.25. The molecular formula is C26H28ClN3O3S. The quantitative estimate of drug-likeness (QED) is 0.464. The summed E-state index contributed by atoms with van der Waals surface area (Å²) in [5.41, 5.74) is 3.06. The topological polar surface area (TPSA) is 78.5 Å². The van der Waals surface area contributed by atoms with Gasteiger partial charge in [-0.25, -0.2) is 8.42 Å².